The maximum atomic E-state index is 12.8. The Morgan fingerprint density at radius 1 is 1.03 bits per heavy atom. The van der Waals surface area contributed by atoms with Gasteiger partial charge in [-0.25, -0.2) is 0 Å². The van der Waals surface area contributed by atoms with Crippen LogP contribution >= 0.6 is 0 Å². The Labute approximate surface area is 174 Å². The van der Waals surface area contributed by atoms with E-state index in [-0.39, 0.29) is 17.4 Å². The van der Waals surface area contributed by atoms with Crippen molar-refractivity contribution in [2.75, 3.05) is 39.9 Å². The monoisotopic (exact) mass is 420 g/mol. The van der Waals surface area contributed by atoms with Gasteiger partial charge in [0.1, 0.15) is 5.75 Å². The molecule has 6 nitrogen and oxygen atoms in total. The van der Waals surface area contributed by atoms with Crippen LogP contribution in [0.25, 0.3) is 0 Å². The van der Waals surface area contributed by atoms with Crippen LogP contribution in [-0.4, -0.2) is 62.2 Å². The first kappa shape index (κ1) is 21.8. The molecule has 0 radical (unpaired) electrons. The van der Waals surface area contributed by atoms with Gasteiger partial charge in [0.25, 0.3) is 5.91 Å². The van der Waals surface area contributed by atoms with Gasteiger partial charge in [-0.2, -0.15) is 8.78 Å². The summed E-state index contributed by atoms with van der Waals surface area (Å²) in [4.78, 5) is 16.9. The molecular formula is C22H26F2N2O4. The molecule has 1 fully saturated rings. The molecule has 30 heavy (non-hydrogen) atoms. The number of nitrogens with zero attached hydrogens (tertiary/aromatic N) is 2. The first-order valence-corrected chi connectivity index (χ1v) is 9.86. The van der Waals surface area contributed by atoms with Crippen LogP contribution in [0.5, 0.6) is 17.2 Å². The van der Waals surface area contributed by atoms with Gasteiger partial charge in [0.05, 0.1) is 13.7 Å². The van der Waals surface area contributed by atoms with Crippen molar-refractivity contribution >= 4 is 5.91 Å². The number of hydrogen-bond acceptors (Lipinski definition) is 5. The lowest BCUT2D eigenvalue weighted by Gasteiger charge is -2.35. The summed E-state index contributed by atoms with van der Waals surface area (Å²) >= 11 is 0. The van der Waals surface area contributed by atoms with E-state index in [0.717, 1.165) is 25.4 Å². The molecule has 0 atom stereocenters. The maximum absolute atomic E-state index is 12.8. The third-order valence-corrected chi connectivity index (χ3v) is 4.93. The van der Waals surface area contributed by atoms with Crippen molar-refractivity contribution in [2.45, 2.75) is 20.1 Å². The molecule has 3 rings (SSSR count). The number of rotatable bonds is 8. The fourth-order valence-corrected chi connectivity index (χ4v) is 3.40. The number of methoxy groups -OCH3 is 1. The fourth-order valence-electron chi connectivity index (χ4n) is 3.40. The summed E-state index contributed by atoms with van der Waals surface area (Å²) in [6, 6.07) is 12.3. The number of benzene rings is 2. The lowest BCUT2D eigenvalue weighted by Crippen LogP contribution is -2.48. The molecule has 2 aromatic carbocycles. The van der Waals surface area contributed by atoms with Gasteiger partial charge in [-0.15, -0.1) is 0 Å². The first-order chi connectivity index (χ1) is 14.5. The average Bonchev–Trinajstić information content (AvgIpc) is 2.75. The molecule has 8 heteroatoms. The second-order valence-electron chi connectivity index (χ2n) is 6.89. The molecule has 0 unspecified atom stereocenters. The predicted molar refractivity (Wildman–Crippen MR) is 108 cm³/mol. The van der Waals surface area contributed by atoms with E-state index >= 15 is 0 Å². The van der Waals surface area contributed by atoms with Crippen molar-refractivity contribution in [1.29, 1.82) is 0 Å². The van der Waals surface area contributed by atoms with Crippen LogP contribution in [0.3, 0.4) is 0 Å². The highest BCUT2D eigenvalue weighted by Crippen LogP contribution is 2.30. The standard InChI is InChI=1S/C22H26F2N2O4/c1-3-29-18-7-4-16(5-8-18)15-25-10-12-26(13-11-25)21(27)17-6-9-19(30-22(23)24)20(14-17)28-2/h4-9,14,22H,3,10-13,15H2,1-2H3. The Bertz CT molecular complexity index is 838. The highest BCUT2D eigenvalue weighted by Gasteiger charge is 2.23. The van der Waals surface area contributed by atoms with Gasteiger partial charge in [0.15, 0.2) is 11.5 Å². The number of ether oxygens (including phenoxy) is 3. The average molecular weight is 420 g/mol. The van der Waals surface area contributed by atoms with Crippen molar-refractivity contribution in [3.8, 4) is 17.2 Å². The van der Waals surface area contributed by atoms with Crippen LogP contribution in [0.15, 0.2) is 42.5 Å². The third kappa shape index (κ3) is 5.60. The zero-order chi connectivity index (χ0) is 21.5. The first-order valence-electron chi connectivity index (χ1n) is 9.86. The molecule has 0 aliphatic carbocycles. The van der Waals surface area contributed by atoms with E-state index in [1.807, 2.05) is 19.1 Å². The molecule has 0 N–H and O–H groups in total. The number of piperazine rings is 1. The van der Waals surface area contributed by atoms with Crippen LogP contribution in [0.4, 0.5) is 8.78 Å². The highest BCUT2D eigenvalue weighted by molar-refractivity contribution is 5.95. The minimum atomic E-state index is -2.95. The summed E-state index contributed by atoms with van der Waals surface area (Å²) in [5.74, 6) is 0.717. The number of carbonyl (C=O) groups is 1. The predicted octanol–water partition coefficient (Wildman–Crippen LogP) is 3.65. The number of hydrogen-bond donors (Lipinski definition) is 0. The van der Waals surface area contributed by atoms with Gasteiger partial charge in [-0.3, -0.25) is 9.69 Å². The molecule has 1 aliphatic rings. The van der Waals surface area contributed by atoms with Crippen molar-refractivity contribution in [3.05, 3.63) is 53.6 Å². The van der Waals surface area contributed by atoms with E-state index in [1.54, 1.807) is 4.90 Å². The molecule has 1 amide bonds. The fraction of sp³-hybridized carbons (Fsp3) is 0.409. The van der Waals surface area contributed by atoms with Crippen LogP contribution in [0, 0.1) is 0 Å². The molecular weight excluding hydrogens is 394 g/mol. The summed E-state index contributed by atoms with van der Waals surface area (Å²) in [6.07, 6.45) is 0. The molecule has 1 aliphatic heterocycles. The Balaban J connectivity index is 1.56. The lowest BCUT2D eigenvalue weighted by molar-refractivity contribution is -0.0512. The minimum Gasteiger partial charge on any atom is -0.494 e. The Kier molecular flexibility index (Phi) is 7.46. The summed E-state index contributed by atoms with van der Waals surface area (Å²) in [5, 5.41) is 0. The van der Waals surface area contributed by atoms with E-state index in [4.69, 9.17) is 9.47 Å². The van der Waals surface area contributed by atoms with Crippen molar-refractivity contribution in [2.24, 2.45) is 0 Å². The Morgan fingerprint density at radius 2 is 1.73 bits per heavy atom. The molecule has 1 saturated heterocycles. The van der Waals surface area contributed by atoms with Gasteiger partial charge in [-0.1, -0.05) is 12.1 Å². The van der Waals surface area contributed by atoms with Crippen LogP contribution in [-0.2, 0) is 6.54 Å². The molecule has 0 spiro atoms. The third-order valence-electron chi connectivity index (χ3n) is 4.93. The Morgan fingerprint density at radius 3 is 2.33 bits per heavy atom. The van der Waals surface area contributed by atoms with Gasteiger partial charge in [0.2, 0.25) is 0 Å². The van der Waals surface area contributed by atoms with Crippen LogP contribution < -0.4 is 14.2 Å². The highest BCUT2D eigenvalue weighted by atomic mass is 19.3. The van der Waals surface area contributed by atoms with Crippen LogP contribution in [0.2, 0.25) is 0 Å². The Hall–Kier alpha value is -2.87. The normalized spacial score (nSPS) is 14.6. The quantitative estimate of drug-likeness (QED) is 0.653. The number of carbonyl (C=O) groups excluding carboxylic acids is 1. The molecule has 0 aromatic heterocycles. The smallest absolute Gasteiger partial charge is 0.387 e. The van der Waals surface area contributed by atoms with Crippen molar-refractivity contribution in [1.82, 2.24) is 9.80 Å². The maximum Gasteiger partial charge on any atom is 0.387 e. The number of amides is 1. The zero-order valence-corrected chi connectivity index (χ0v) is 17.1. The van der Waals surface area contributed by atoms with Crippen LogP contribution in [0.1, 0.15) is 22.8 Å². The SMILES string of the molecule is CCOc1ccc(CN2CCN(C(=O)c3ccc(OC(F)F)c(OC)c3)CC2)cc1. The summed E-state index contributed by atoms with van der Waals surface area (Å²) in [5.41, 5.74) is 1.58. The largest absolute Gasteiger partial charge is 0.494 e. The topological polar surface area (TPSA) is 51.2 Å². The van der Waals surface area contributed by atoms with Gasteiger partial charge in [-0.05, 0) is 42.8 Å². The summed E-state index contributed by atoms with van der Waals surface area (Å²) in [6.45, 7) is 3.14. The molecule has 162 valence electrons. The van der Waals surface area contributed by atoms with E-state index in [2.05, 4.69) is 21.8 Å². The van der Waals surface area contributed by atoms with E-state index < -0.39 is 6.61 Å². The summed E-state index contributed by atoms with van der Waals surface area (Å²) in [7, 11) is 1.35. The lowest BCUT2D eigenvalue weighted by atomic mass is 10.1. The van der Waals surface area contributed by atoms with E-state index in [0.29, 0.717) is 25.3 Å². The minimum absolute atomic E-state index is 0.0933. The summed E-state index contributed by atoms with van der Waals surface area (Å²) < 4.78 is 39.9. The molecule has 0 saturated carbocycles. The van der Waals surface area contributed by atoms with Crippen molar-refractivity contribution < 1.29 is 27.8 Å². The molecule has 0 bridgehead atoms. The zero-order valence-electron chi connectivity index (χ0n) is 17.1. The van der Waals surface area contributed by atoms with Gasteiger partial charge >= 0.3 is 6.61 Å². The molecule has 2 aromatic rings. The van der Waals surface area contributed by atoms with Crippen molar-refractivity contribution in [3.63, 3.8) is 0 Å². The second kappa shape index (κ2) is 10.2. The number of alkyl halides is 2. The second-order valence-corrected chi connectivity index (χ2v) is 6.89. The number of halogens is 2. The van der Waals surface area contributed by atoms with E-state index in [1.165, 1.54) is 30.9 Å². The van der Waals surface area contributed by atoms with E-state index in [9.17, 15) is 13.6 Å². The molecule has 1 heterocycles. The van der Waals surface area contributed by atoms with Gasteiger partial charge < -0.3 is 19.1 Å². The van der Waals surface area contributed by atoms with Gasteiger partial charge in [0, 0.05) is 38.3 Å².